The van der Waals surface area contributed by atoms with E-state index in [0.29, 0.717) is 6.04 Å². The van der Waals surface area contributed by atoms with Crippen molar-refractivity contribution in [3.63, 3.8) is 0 Å². The van der Waals surface area contributed by atoms with Crippen LogP contribution in [-0.4, -0.2) is 16.0 Å². The fraction of sp³-hybridized carbons (Fsp3) is 0.273. The molecule has 15 heavy (non-hydrogen) atoms. The summed E-state index contributed by atoms with van der Waals surface area (Å²) in [5.74, 6) is 1.68. The number of hydrogen-bond donors (Lipinski definition) is 1. The Hall–Kier alpha value is -1.84. The van der Waals surface area contributed by atoms with Crippen molar-refractivity contribution in [2.45, 2.75) is 18.9 Å². The number of rotatable bonds is 3. The average Bonchev–Trinajstić information content (AvgIpc) is 2.91. The summed E-state index contributed by atoms with van der Waals surface area (Å²) in [5.41, 5.74) is 1.01. The molecule has 4 nitrogen and oxygen atoms in total. The van der Waals surface area contributed by atoms with Crippen LogP contribution in [0.3, 0.4) is 0 Å². The van der Waals surface area contributed by atoms with E-state index < -0.39 is 0 Å². The summed E-state index contributed by atoms with van der Waals surface area (Å²) in [6.45, 7) is 0. The highest BCUT2D eigenvalue weighted by Crippen LogP contribution is 2.26. The molecule has 0 atom stereocenters. The van der Waals surface area contributed by atoms with Crippen LogP contribution in [0.2, 0.25) is 0 Å². The first-order chi connectivity index (χ1) is 7.42. The largest absolute Gasteiger partial charge is 0.444 e. The Morgan fingerprint density at radius 3 is 3.07 bits per heavy atom. The first-order valence-corrected chi connectivity index (χ1v) is 5.03. The van der Waals surface area contributed by atoms with Crippen LogP contribution >= 0.6 is 0 Å². The molecule has 1 saturated carbocycles. The molecule has 76 valence electrons. The van der Waals surface area contributed by atoms with Crippen LogP contribution in [0, 0.1) is 0 Å². The minimum absolute atomic E-state index is 0.613. The molecule has 0 aliphatic heterocycles. The minimum Gasteiger partial charge on any atom is -0.444 e. The number of aromatic nitrogens is 2. The summed E-state index contributed by atoms with van der Waals surface area (Å²) < 4.78 is 5.23. The lowest BCUT2D eigenvalue weighted by Crippen LogP contribution is -2.02. The fourth-order valence-corrected chi connectivity index (χ4v) is 1.46. The van der Waals surface area contributed by atoms with E-state index >= 15 is 0 Å². The third kappa shape index (κ3) is 1.83. The molecule has 0 saturated heterocycles. The second-order valence-electron chi connectivity index (χ2n) is 3.71. The van der Waals surface area contributed by atoms with Gasteiger partial charge in [0.1, 0.15) is 5.82 Å². The quantitative estimate of drug-likeness (QED) is 0.827. The maximum absolute atomic E-state index is 5.23. The normalized spacial score (nSPS) is 15.2. The van der Waals surface area contributed by atoms with Gasteiger partial charge in [-0.1, -0.05) is 0 Å². The molecule has 1 N–H and O–H groups in total. The first kappa shape index (κ1) is 8.47. The third-order valence-corrected chi connectivity index (χ3v) is 2.41. The topological polar surface area (TPSA) is 51.0 Å². The summed E-state index contributed by atoms with van der Waals surface area (Å²) in [6, 6.07) is 4.51. The van der Waals surface area contributed by atoms with Crippen molar-refractivity contribution in [2.24, 2.45) is 0 Å². The average molecular weight is 201 g/mol. The lowest BCUT2D eigenvalue weighted by molar-refractivity contribution is 0.572. The Morgan fingerprint density at radius 2 is 2.33 bits per heavy atom. The van der Waals surface area contributed by atoms with Crippen LogP contribution in [0.15, 0.2) is 35.3 Å². The van der Waals surface area contributed by atoms with Gasteiger partial charge in [-0.25, -0.2) is 9.97 Å². The molecule has 0 radical (unpaired) electrons. The Labute approximate surface area is 87.4 Å². The van der Waals surface area contributed by atoms with E-state index in [0.717, 1.165) is 17.1 Å². The molecule has 0 aromatic carbocycles. The van der Waals surface area contributed by atoms with Gasteiger partial charge in [0.2, 0.25) is 0 Å². The summed E-state index contributed by atoms with van der Waals surface area (Å²) in [5, 5.41) is 3.34. The number of hydrogen-bond acceptors (Lipinski definition) is 4. The van der Waals surface area contributed by atoms with Crippen LogP contribution in [0.5, 0.6) is 0 Å². The van der Waals surface area contributed by atoms with Gasteiger partial charge in [0.15, 0.2) is 12.2 Å². The highest BCUT2D eigenvalue weighted by Gasteiger charge is 2.21. The van der Waals surface area contributed by atoms with Gasteiger partial charge in [0.05, 0.1) is 6.20 Å². The maximum Gasteiger partial charge on any atom is 0.181 e. The SMILES string of the molecule is c1cc(-c2cnco2)cc(NC2CC2)n1. The molecule has 3 rings (SSSR count). The van der Waals surface area contributed by atoms with Crippen molar-refractivity contribution in [2.75, 3.05) is 5.32 Å². The molecular weight excluding hydrogens is 190 g/mol. The monoisotopic (exact) mass is 201 g/mol. The van der Waals surface area contributed by atoms with Crippen LogP contribution in [0.25, 0.3) is 11.3 Å². The summed E-state index contributed by atoms with van der Waals surface area (Å²) >= 11 is 0. The predicted octanol–water partition coefficient (Wildman–Crippen LogP) is 2.31. The van der Waals surface area contributed by atoms with Gasteiger partial charge in [0, 0.05) is 17.8 Å². The Kier molecular flexibility index (Phi) is 1.91. The molecule has 1 aliphatic rings. The Bertz CT molecular complexity index is 449. The van der Waals surface area contributed by atoms with E-state index in [1.54, 1.807) is 12.4 Å². The van der Waals surface area contributed by atoms with E-state index in [-0.39, 0.29) is 0 Å². The van der Waals surface area contributed by atoms with Crippen molar-refractivity contribution in [1.82, 2.24) is 9.97 Å². The Morgan fingerprint density at radius 1 is 1.40 bits per heavy atom. The lowest BCUT2D eigenvalue weighted by Gasteiger charge is -2.03. The van der Waals surface area contributed by atoms with Crippen molar-refractivity contribution in [3.8, 4) is 11.3 Å². The van der Waals surface area contributed by atoms with Gasteiger partial charge in [-0.2, -0.15) is 0 Å². The summed E-state index contributed by atoms with van der Waals surface area (Å²) in [4.78, 5) is 8.15. The third-order valence-electron chi connectivity index (χ3n) is 2.41. The van der Waals surface area contributed by atoms with Gasteiger partial charge in [-0.15, -0.1) is 0 Å². The van der Waals surface area contributed by atoms with Crippen LogP contribution in [0.1, 0.15) is 12.8 Å². The van der Waals surface area contributed by atoms with E-state index in [1.165, 1.54) is 19.2 Å². The highest BCUT2D eigenvalue weighted by atomic mass is 16.3. The molecule has 0 amide bonds. The first-order valence-electron chi connectivity index (χ1n) is 5.03. The second kappa shape index (κ2) is 3.38. The molecule has 0 bridgehead atoms. The van der Waals surface area contributed by atoms with Crippen molar-refractivity contribution in [3.05, 3.63) is 30.9 Å². The fourth-order valence-electron chi connectivity index (χ4n) is 1.46. The number of anilines is 1. The van der Waals surface area contributed by atoms with Crippen LogP contribution < -0.4 is 5.32 Å². The van der Waals surface area contributed by atoms with E-state index in [9.17, 15) is 0 Å². The van der Waals surface area contributed by atoms with Gasteiger partial charge in [0.25, 0.3) is 0 Å². The van der Waals surface area contributed by atoms with Gasteiger partial charge in [-0.3, -0.25) is 0 Å². The molecule has 4 heteroatoms. The van der Waals surface area contributed by atoms with Crippen LogP contribution in [0.4, 0.5) is 5.82 Å². The second-order valence-corrected chi connectivity index (χ2v) is 3.71. The molecule has 1 fully saturated rings. The van der Waals surface area contributed by atoms with Gasteiger partial charge < -0.3 is 9.73 Å². The lowest BCUT2D eigenvalue weighted by atomic mass is 10.2. The van der Waals surface area contributed by atoms with E-state index in [1.807, 2.05) is 12.1 Å². The predicted molar refractivity (Wildman–Crippen MR) is 56.4 cm³/mol. The zero-order valence-electron chi connectivity index (χ0n) is 8.18. The molecule has 1 aliphatic carbocycles. The number of pyridine rings is 1. The van der Waals surface area contributed by atoms with Crippen molar-refractivity contribution in [1.29, 1.82) is 0 Å². The molecule has 2 aromatic heterocycles. The van der Waals surface area contributed by atoms with Crippen molar-refractivity contribution < 1.29 is 4.42 Å². The van der Waals surface area contributed by atoms with Crippen molar-refractivity contribution >= 4 is 5.82 Å². The van der Waals surface area contributed by atoms with Gasteiger partial charge >= 0.3 is 0 Å². The summed E-state index contributed by atoms with van der Waals surface area (Å²) in [6.07, 6.45) is 7.41. The highest BCUT2D eigenvalue weighted by molar-refractivity contribution is 5.60. The standard InChI is InChI=1S/C11H11N3O/c1-2-9(1)14-11-5-8(3-4-13-11)10-6-12-7-15-10/h3-7,9H,1-2H2,(H,13,14). The smallest absolute Gasteiger partial charge is 0.181 e. The minimum atomic E-state index is 0.613. The zero-order chi connectivity index (χ0) is 10.1. The van der Waals surface area contributed by atoms with Crippen LogP contribution in [-0.2, 0) is 0 Å². The zero-order valence-corrected chi connectivity index (χ0v) is 8.18. The van der Waals surface area contributed by atoms with E-state index in [4.69, 9.17) is 4.42 Å². The molecule has 2 heterocycles. The molecule has 0 unspecified atom stereocenters. The molecule has 2 aromatic rings. The summed E-state index contributed by atoms with van der Waals surface area (Å²) in [7, 11) is 0. The van der Waals surface area contributed by atoms with E-state index in [2.05, 4.69) is 15.3 Å². The number of nitrogens with one attached hydrogen (secondary N) is 1. The number of oxazole rings is 1. The Balaban J connectivity index is 1.88. The van der Waals surface area contributed by atoms with Gasteiger partial charge in [-0.05, 0) is 25.0 Å². The molecule has 0 spiro atoms. The maximum atomic E-state index is 5.23. The molecular formula is C11H11N3O. The number of nitrogens with zero attached hydrogens (tertiary/aromatic N) is 2.